The molecule has 0 spiro atoms. The molecule has 1 aliphatic heterocycles. The molecule has 0 bridgehead atoms. The number of aromatic nitrogens is 3. The van der Waals surface area contributed by atoms with Crippen LogP contribution in [0.25, 0.3) is 22.2 Å². The van der Waals surface area contributed by atoms with Crippen molar-refractivity contribution in [2.75, 3.05) is 26.2 Å². The van der Waals surface area contributed by atoms with Crippen LogP contribution in [0.15, 0.2) is 35.4 Å². The van der Waals surface area contributed by atoms with E-state index in [0.29, 0.717) is 30.4 Å². The van der Waals surface area contributed by atoms with Crippen LogP contribution in [0.5, 0.6) is 0 Å². The van der Waals surface area contributed by atoms with Crippen molar-refractivity contribution in [2.24, 2.45) is 0 Å². The predicted octanol–water partition coefficient (Wildman–Crippen LogP) is 1.69. The number of rotatable bonds is 3. The molecule has 8 nitrogen and oxygen atoms in total. The first kappa shape index (κ1) is 17.6. The molecule has 1 aliphatic rings. The number of carbonyl (C=O) groups is 1. The van der Waals surface area contributed by atoms with Crippen molar-refractivity contribution in [1.29, 1.82) is 0 Å². The summed E-state index contributed by atoms with van der Waals surface area (Å²) < 4.78 is 0. The summed E-state index contributed by atoms with van der Waals surface area (Å²) in [5, 5.41) is 7.65. The molecule has 2 amide bonds. The van der Waals surface area contributed by atoms with Crippen molar-refractivity contribution in [1.82, 2.24) is 30.5 Å². The van der Waals surface area contributed by atoms with Gasteiger partial charge in [0, 0.05) is 54.5 Å². The standard InChI is InChI=1S/C18H19ClN6O2/c19-14-6-11-5-12(8-23-18(27)25-3-1-20-2-4-25)24-15(11)7-13(14)16-9-22-17(26)10-21-16/h5-7,9-10,20,24H,1-4,8H2,(H,22,26)(H,23,27). The van der Waals surface area contributed by atoms with Gasteiger partial charge in [-0.2, -0.15) is 0 Å². The van der Waals surface area contributed by atoms with Gasteiger partial charge in [-0.25, -0.2) is 9.78 Å². The Labute approximate surface area is 159 Å². The van der Waals surface area contributed by atoms with Gasteiger partial charge < -0.3 is 25.5 Å². The first-order valence-electron chi connectivity index (χ1n) is 8.70. The van der Waals surface area contributed by atoms with Gasteiger partial charge in [-0.1, -0.05) is 11.6 Å². The third-order valence-electron chi connectivity index (χ3n) is 4.55. The van der Waals surface area contributed by atoms with Crippen LogP contribution in [-0.4, -0.2) is 52.1 Å². The Morgan fingerprint density at radius 2 is 2.07 bits per heavy atom. The highest BCUT2D eigenvalue weighted by Gasteiger charge is 2.16. The van der Waals surface area contributed by atoms with Crippen LogP contribution < -0.4 is 16.2 Å². The molecule has 0 atom stereocenters. The number of hydrogen-bond donors (Lipinski definition) is 4. The zero-order valence-electron chi connectivity index (χ0n) is 14.5. The first-order valence-corrected chi connectivity index (χ1v) is 9.08. The Bertz CT molecular complexity index is 1020. The highest BCUT2D eigenvalue weighted by Crippen LogP contribution is 2.30. The van der Waals surface area contributed by atoms with E-state index in [4.69, 9.17) is 11.6 Å². The van der Waals surface area contributed by atoms with Crippen molar-refractivity contribution in [3.63, 3.8) is 0 Å². The van der Waals surface area contributed by atoms with E-state index in [1.165, 1.54) is 12.4 Å². The van der Waals surface area contributed by atoms with E-state index in [9.17, 15) is 9.59 Å². The average molecular weight is 387 g/mol. The minimum atomic E-state index is -0.265. The fraction of sp³-hybridized carbons (Fsp3) is 0.278. The summed E-state index contributed by atoms with van der Waals surface area (Å²) in [6, 6.07) is 5.63. The molecule has 0 aliphatic carbocycles. The number of aromatic amines is 2. The summed E-state index contributed by atoms with van der Waals surface area (Å²) in [4.78, 5) is 35.2. The van der Waals surface area contributed by atoms with E-state index in [1.807, 2.05) is 18.2 Å². The van der Waals surface area contributed by atoms with E-state index >= 15 is 0 Å². The van der Waals surface area contributed by atoms with Crippen molar-refractivity contribution >= 4 is 28.5 Å². The number of nitrogens with one attached hydrogen (secondary N) is 4. The van der Waals surface area contributed by atoms with Crippen molar-refractivity contribution in [3.05, 3.63) is 51.7 Å². The number of carbonyl (C=O) groups excluding carboxylic acids is 1. The maximum absolute atomic E-state index is 12.2. The second kappa shape index (κ2) is 7.42. The minimum Gasteiger partial charge on any atom is -0.357 e. The molecule has 0 radical (unpaired) electrons. The molecule has 0 saturated carbocycles. The molecule has 140 valence electrons. The SMILES string of the molecule is O=C(NCc1cc2cc(Cl)c(-c3c[nH]c(=O)cn3)cc2[nH]1)N1CCNCC1. The van der Waals surface area contributed by atoms with Gasteiger partial charge in [0.05, 0.1) is 23.5 Å². The highest BCUT2D eigenvalue weighted by molar-refractivity contribution is 6.34. The monoisotopic (exact) mass is 386 g/mol. The summed E-state index contributed by atoms with van der Waals surface area (Å²) in [5.41, 5.74) is 2.81. The average Bonchev–Trinajstić information content (AvgIpc) is 3.08. The van der Waals surface area contributed by atoms with Gasteiger partial charge in [-0.15, -0.1) is 0 Å². The van der Waals surface area contributed by atoms with Crippen LogP contribution >= 0.6 is 11.6 Å². The number of amides is 2. The first-order chi connectivity index (χ1) is 13.1. The predicted molar refractivity (Wildman–Crippen MR) is 104 cm³/mol. The largest absolute Gasteiger partial charge is 0.357 e. The van der Waals surface area contributed by atoms with Crippen LogP contribution in [0.3, 0.4) is 0 Å². The van der Waals surface area contributed by atoms with E-state index in [0.717, 1.165) is 35.2 Å². The van der Waals surface area contributed by atoms with Gasteiger partial charge in [-0.05, 0) is 18.2 Å². The van der Waals surface area contributed by atoms with Gasteiger partial charge in [-0.3, -0.25) is 4.79 Å². The van der Waals surface area contributed by atoms with Crippen LogP contribution in [-0.2, 0) is 6.54 Å². The molecular formula is C18H19ClN6O2. The molecule has 3 heterocycles. The molecule has 1 saturated heterocycles. The maximum atomic E-state index is 12.2. The molecular weight excluding hydrogens is 368 g/mol. The van der Waals surface area contributed by atoms with Crippen molar-refractivity contribution in [3.8, 4) is 11.3 Å². The molecule has 2 aromatic heterocycles. The molecule has 1 aromatic carbocycles. The number of piperazine rings is 1. The van der Waals surface area contributed by atoms with E-state index in [-0.39, 0.29) is 11.6 Å². The summed E-state index contributed by atoms with van der Waals surface area (Å²) in [5.74, 6) is 0. The van der Waals surface area contributed by atoms with Crippen molar-refractivity contribution < 1.29 is 4.79 Å². The van der Waals surface area contributed by atoms with Crippen LogP contribution in [0.4, 0.5) is 4.79 Å². The molecule has 4 N–H and O–H groups in total. The lowest BCUT2D eigenvalue weighted by molar-refractivity contribution is 0.189. The van der Waals surface area contributed by atoms with Crippen LogP contribution in [0.1, 0.15) is 5.69 Å². The number of halogens is 1. The van der Waals surface area contributed by atoms with Gasteiger partial charge in [0.2, 0.25) is 0 Å². The molecule has 27 heavy (non-hydrogen) atoms. The zero-order chi connectivity index (χ0) is 18.8. The van der Waals surface area contributed by atoms with Crippen LogP contribution in [0.2, 0.25) is 5.02 Å². The Balaban J connectivity index is 1.52. The van der Waals surface area contributed by atoms with Crippen LogP contribution in [0, 0.1) is 0 Å². The second-order valence-corrected chi connectivity index (χ2v) is 6.81. The fourth-order valence-electron chi connectivity index (χ4n) is 3.14. The Hall–Kier alpha value is -2.84. The third-order valence-corrected chi connectivity index (χ3v) is 4.86. The summed E-state index contributed by atoms with van der Waals surface area (Å²) in [6.07, 6.45) is 2.76. The highest BCUT2D eigenvalue weighted by atomic mass is 35.5. The van der Waals surface area contributed by atoms with E-state index in [2.05, 4.69) is 25.6 Å². The van der Waals surface area contributed by atoms with Gasteiger partial charge in [0.25, 0.3) is 5.56 Å². The number of hydrogen-bond acceptors (Lipinski definition) is 4. The van der Waals surface area contributed by atoms with Gasteiger partial charge in [0.1, 0.15) is 0 Å². The zero-order valence-corrected chi connectivity index (χ0v) is 15.3. The summed E-state index contributed by atoms with van der Waals surface area (Å²) in [6.45, 7) is 3.47. The summed E-state index contributed by atoms with van der Waals surface area (Å²) in [7, 11) is 0. The minimum absolute atomic E-state index is 0.0636. The van der Waals surface area contributed by atoms with Gasteiger partial charge >= 0.3 is 6.03 Å². The maximum Gasteiger partial charge on any atom is 0.317 e. The molecule has 9 heteroatoms. The molecule has 0 unspecified atom stereocenters. The Morgan fingerprint density at radius 3 is 2.81 bits per heavy atom. The lowest BCUT2D eigenvalue weighted by atomic mass is 10.1. The number of fused-ring (bicyclic) bond motifs is 1. The van der Waals surface area contributed by atoms with Gasteiger partial charge in [0.15, 0.2) is 0 Å². The normalized spacial score (nSPS) is 14.5. The number of urea groups is 1. The Kier molecular flexibility index (Phi) is 4.83. The third kappa shape index (κ3) is 3.81. The second-order valence-electron chi connectivity index (χ2n) is 6.41. The quantitative estimate of drug-likeness (QED) is 0.549. The smallest absolute Gasteiger partial charge is 0.317 e. The fourth-order valence-corrected chi connectivity index (χ4v) is 3.41. The number of benzene rings is 1. The molecule has 3 aromatic rings. The Morgan fingerprint density at radius 1 is 1.26 bits per heavy atom. The van der Waals surface area contributed by atoms with Crippen molar-refractivity contribution in [2.45, 2.75) is 6.54 Å². The number of H-pyrrole nitrogens is 2. The lowest BCUT2D eigenvalue weighted by Gasteiger charge is -2.27. The summed E-state index contributed by atoms with van der Waals surface area (Å²) >= 11 is 6.39. The van der Waals surface area contributed by atoms with E-state index in [1.54, 1.807) is 4.90 Å². The number of nitrogens with zero attached hydrogens (tertiary/aromatic N) is 2. The topological polar surface area (TPSA) is 106 Å². The molecule has 1 fully saturated rings. The van der Waals surface area contributed by atoms with E-state index < -0.39 is 0 Å². The lowest BCUT2D eigenvalue weighted by Crippen LogP contribution is -2.50. The molecule has 4 rings (SSSR count).